The Morgan fingerprint density at radius 2 is 1.72 bits per heavy atom. The molecule has 2 saturated heterocycles. The van der Waals surface area contributed by atoms with E-state index in [1.165, 1.54) is 71.4 Å². The number of likely N-dealkylation sites (tertiary alicyclic amines) is 2. The highest BCUT2D eigenvalue weighted by Gasteiger charge is 2.23. The third kappa shape index (κ3) is 4.43. The molecule has 2 heterocycles. The van der Waals surface area contributed by atoms with Gasteiger partial charge in [-0.15, -0.1) is 0 Å². The maximum Gasteiger partial charge on any atom is 0.00174 e. The van der Waals surface area contributed by atoms with Crippen LogP contribution in [0.2, 0.25) is 0 Å². The molecule has 0 aromatic carbocycles. The largest absolute Gasteiger partial charge is 0.303 e. The van der Waals surface area contributed by atoms with Crippen LogP contribution < -0.4 is 0 Å². The van der Waals surface area contributed by atoms with Crippen LogP contribution in [0.3, 0.4) is 0 Å². The molecule has 18 heavy (non-hydrogen) atoms. The highest BCUT2D eigenvalue weighted by Crippen LogP contribution is 2.21. The predicted molar refractivity (Wildman–Crippen MR) is 82.5 cm³/mol. The molecule has 0 N–H and O–H groups in total. The molecule has 0 saturated carbocycles. The smallest absolute Gasteiger partial charge is 0.00174 e. The molecule has 0 amide bonds. The molecular weight excluding hydrogens is 240 g/mol. The summed E-state index contributed by atoms with van der Waals surface area (Å²) in [5.74, 6) is 2.81. The van der Waals surface area contributed by atoms with E-state index >= 15 is 0 Å². The Bertz CT molecular complexity index is 205. The summed E-state index contributed by atoms with van der Waals surface area (Å²) in [6, 6.07) is 0. The third-order valence-corrected chi connectivity index (χ3v) is 5.29. The van der Waals surface area contributed by atoms with Crippen LogP contribution in [0.1, 0.15) is 39.0 Å². The van der Waals surface area contributed by atoms with E-state index in [4.69, 9.17) is 0 Å². The molecule has 3 heteroatoms. The van der Waals surface area contributed by atoms with Crippen LogP contribution in [0.15, 0.2) is 0 Å². The molecule has 0 spiro atoms. The zero-order valence-corrected chi connectivity index (χ0v) is 12.9. The SMILES string of the molecule is CCC(CS)CN1CCC(CN2CCCC2)CC1. The maximum atomic E-state index is 4.46. The van der Waals surface area contributed by atoms with Crippen LogP contribution in [0.5, 0.6) is 0 Å². The minimum Gasteiger partial charge on any atom is -0.303 e. The topological polar surface area (TPSA) is 6.48 Å². The summed E-state index contributed by atoms with van der Waals surface area (Å²) in [5, 5.41) is 0. The number of hydrogen-bond donors (Lipinski definition) is 1. The monoisotopic (exact) mass is 270 g/mol. The van der Waals surface area contributed by atoms with Crippen molar-refractivity contribution in [2.75, 3.05) is 45.0 Å². The van der Waals surface area contributed by atoms with Crippen molar-refractivity contribution in [3.8, 4) is 0 Å². The van der Waals surface area contributed by atoms with Crippen molar-refractivity contribution in [2.24, 2.45) is 11.8 Å². The van der Waals surface area contributed by atoms with E-state index in [1.807, 2.05) is 0 Å². The van der Waals surface area contributed by atoms with Crippen LogP contribution >= 0.6 is 12.6 Å². The van der Waals surface area contributed by atoms with Crippen LogP contribution in [-0.4, -0.2) is 54.8 Å². The summed E-state index contributed by atoms with van der Waals surface area (Å²) in [5.41, 5.74) is 0. The van der Waals surface area contributed by atoms with Gasteiger partial charge in [0.15, 0.2) is 0 Å². The number of rotatable bonds is 6. The molecule has 0 radical (unpaired) electrons. The fraction of sp³-hybridized carbons (Fsp3) is 1.00. The molecular formula is C15H30N2S. The molecule has 2 nitrogen and oxygen atoms in total. The van der Waals surface area contributed by atoms with Crippen molar-refractivity contribution in [2.45, 2.75) is 39.0 Å². The molecule has 2 aliphatic rings. The predicted octanol–water partition coefficient (Wildman–Crippen LogP) is 2.75. The van der Waals surface area contributed by atoms with E-state index in [9.17, 15) is 0 Å². The minimum atomic E-state index is 0.795. The van der Waals surface area contributed by atoms with E-state index in [0.29, 0.717) is 0 Å². The molecule has 106 valence electrons. The Balaban J connectivity index is 1.64. The summed E-state index contributed by atoms with van der Waals surface area (Å²) in [6.45, 7) is 10.3. The van der Waals surface area contributed by atoms with Crippen LogP contribution in [0.25, 0.3) is 0 Å². The van der Waals surface area contributed by atoms with E-state index in [-0.39, 0.29) is 0 Å². The molecule has 0 aliphatic carbocycles. The summed E-state index contributed by atoms with van der Waals surface area (Å²) >= 11 is 4.46. The average molecular weight is 270 g/mol. The van der Waals surface area contributed by atoms with Gasteiger partial charge in [0, 0.05) is 13.1 Å². The lowest BCUT2D eigenvalue weighted by Gasteiger charge is -2.35. The second-order valence-corrected chi connectivity index (χ2v) is 6.57. The molecule has 2 aliphatic heterocycles. The van der Waals surface area contributed by atoms with Crippen molar-refractivity contribution in [1.29, 1.82) is 0 Å². The lowest BCUT2D eigenvalue weighted by atomic mass is 9.95. The second kappa shape index (κ2) is 7.76. The fourth-order valence-corrected chi connectivity index (χ4v) is 3.74. The normalized spacial score (nSPS) is 25.7. The van der Waals surface area contributed by atoms with Gasteiger partial charge in [0.25, 0.3) is 0 Å². The maximum absolute atomic E-state index is 4.46. The molecule has 2 fully saturated rings. The van der Waals surface area contributed by atoms with Crippen LogP contribution in [-0.2, 0) is 0 Å². The first-order valence-corrected chi connectivity index (χ1v) is 8.50. The molecule has 1 unspecified atom stereocenters. The lowest BCUT2D eigenvalue weighted by molar-refractivity contribution is 0.140. The molecule has 1 atom stereocenters. The quantitative estimate of drug-likeness (QED) is 0.742. The Hall–Kier alpha value is 0.270. The van der Waals surface area contributed by atoms with Crippen molar-refractivity contribution in [1.82, 2.24) is 9.80 Å². The summed E-state index contributed by atoms with van der Waals surface area (Å²) in [4.78, 5) is 5.35. The van der Waals surface area contributed by atoms with E-state index in [0.717, 1.165) is 17.6 Å². The van der Waals surface area contributed by atoms with Crippen molar-refractivity contribution >= 4 is 12.6 Å². The van der Waals surface area contributed by atoms with Crippen LogP contribution in [0.4, 0.5) is 0 Å². The second-order valence-electron chi connectivity index (χ2n) is 6.21. The van der Waals surface area contributed by atoms with Gasteiger partial charge in [-0.25, -0.2) is 0 Å². The van der Waals surface area contributed by atoms with E-state index in [2.05, 4.69) is 29.4 Å². The van der Waals surface area contributed by atoms with E-state index < -0.39 is 0 Å². The zero-order chi connectivity index (χ0) is 12.8. The highest BCUT2D eigenvalue weighted by atomic mass is 32.1. The summed E-state index contributed by atoms with van der Waals surface area (Å²) in [7, 11) is 0. The first-order valence-electron chi connectivity index (χ1n) is 7.87. The molecule has 2 rings (SSSR count). The number of thiol groups is 1. The summed E-state index contributed by atoms with van der Waals surface area (Å²) < 4.78 is 0. The zero-order valence-electron chi connectivity index (χ0n) is 12.0. The van der Waals surface area contributed by atoms with Crippen molar-refractivity contribution in [3.63, 3.8) is 0 Å². The Morgan fingerprint density at radius 1 is 1.06 bits per heavy atom. The molecule has 0 bridgehead atoms. The highest BCUT2D eigenvalue weighted by molar-refractivity contribution is 7.80. The number of hydrogen-bond acceptors (Lipinski definition) is 3. The first kappa shape index (κ1) is 14.7. The molecule has 0 aromatic heterocycles. The fourth-order valence-electron chi connectivity index (χ4n) is 3.36. The van der Waals surface area contributed by atoms with Gasteiger partial charge in [0.2, 0.25) is 0 Å². The number of piperidine rings is 1. The lowest BCUT2D eigenvalue weighted by Crippen LogP contribution is -2.40. The first-order chi connectivity index (χ1) is 8.81. The van der Waals surface area contributed by atoms with Gasteiger partial charge in [0.1, 0.15) is 0 Å². The van der Waals surface area contributed by atoms with Gasteiger partial charge in [-0.05, 0) is 69.5 Å². The van der Waals surface area contributed by atoms with Gasteiger partial charge >= 0.3 is 0 Å². The average Bonchev–Trinajstić information content (AvgIpc) is 2.91. The van der Waals surface area contributed by atoms with Gasteiger partial charge in [-0.2, -0.15) is 12.6 Å². The Morgan fingerprint density at radius 3 is 2.28 bits per heavy atom. The Kier molecular flexibility index (Phi) is 6.33. The standard InChI is InChI=1S/C15H30N2S/c1-2-14(13-18)11-17-9-5-15(6-10-17)12-16-7-3-4-8-16/h14-15,18H,2-13H2,1H3. The van der Waals surface area contributed by atoms with E-state index in [1.54, 1.807) is 0 Å². The van der Waals surface area contributed by atoms with Gasteiger partial charge in [-0.3, -0.25) is 0 Å². The van der Waals surface area contributed by atoms with Crippen LogP contribution in [0, 0.1) is 11.8 Å². The van der Waals surface area contributed by atoms with Crippen molar-refractivity contribution < 1.29 is 0 Å². The van der Waals surface area contributed by atoms with Gasteiger partial charge < -0.3 is 9.80 Å². The van der Waals surface area contributed by atoms with Gasteiger partial charge in [-0.1, -0.05) is 13.3 Å². The third-order valence-electron chi connectivity index (χ3n) is 4.77. The molecule has 0 aromatic rings. The van der Waals surface area contributed by atoms with Gasteiger partial charge in [0.05, 0.1) is 0 Å². The summed E-state index contributed by atoms with van der Waals surface area (Å²) in [6.07, 6.45) is 6.97. The van der Waals surface area contributed by atoms with Crippen molar-refractivity contribution in [3.05, 3.63) is 0 Å². The number of nitrogens with zero attached hydrogens (tertiary/aromatic N) is 2. The Labute approximate surface area is 119 Å². The minimum absolute atomic E-state index is 0.795.